The zero-order chi connectivity index (χ0) is 20.2. The molecule has 6 heteroatoms. The minimum Gasteiger partial charge on any atom is -0.348 e. The van der Waals surface area contributed by atoms with Gasteiger partial charge in [0.1, 0.15) is 4.88 Å². The van der Waals surface area contributed by atoms with Gasteiger partial charge in [-0.05, 0) is 50.6 Å². The molecule has 0 spiro atoms. The van der Waals surface area contributed by atoms with Crippen LogP contribution in [0.1, 0.15) is 53.4 Å². The van der Waals surface area contributed by atoms with Crippen LogP contribution in [0.4, 0.5) is 5.13 Å². The Hall–Kier alpha value is -1.92. The molecule has 1 atom stereocenters. The first-order chi connectivity index (χ1) is 14.1. The number of piperidine rings is 2. The van der Waals surface area contributed by atoms with Crippen molar-refractivity contribution >= 4 is 22.4 Å². The summed E-state index contributed by atoms with van der Waals surface area (Å²) in [5.41, 5.74) is 2.34. The fourth-order valence-corrected chi connectivity index (χ4v) is 5.36. The lowest BCUT2D eigenvalue weighted by Gasteiger charge is -2.41. The third-order valence-corrected chi connectivity index (χ3v) is 7.29. The Bertz CT molecular complexity index is 811. The summed E-state index contributed by atoms with van der Waals surface area (Å²) in [5.74, 6) is 0.799. The lowest BCUT2D eigenvalue weighted by atomic mass is 9.95. The van der Waals surface area contributed by atoms with E-state index in [1.807, 2.05) is 0 Å². The van der Waals surface area contributed by atoms with Crippen molar-refractivity contribution in [1.82, 2.24) is 15.2 Å². The molecule has 1 N–H and O–H groups in total. The maximum absolute atomic E-state index is 12.5. The van der Waals surface area contributed by atoms with Gasteiger partial charge in [0.15, 0.2) is 5.13 Å². The van der Waals surface area contributed by atoms with Crippen LogP contribution in [0.3, 0.4) is 0 Å². The van der Waals surface area contributed by atoms with Crippen molar-refractivity contribution in [3.8, 4) is 0 Å². The van der Waals surface area contributed by atoms with E-state index in [0.29, 0.717) is 17.5 Å². The van der Waals surface area contributed by atoms with Crippen LogP contribution in [0.25, 0.3) is 0 Å². The van der Waals surface area contributed by atoms with Crippen molar-refractivity contribution in [2.45, 2.75) is 52.1 Å². The quantitative estimate of drug-likeness (QED) is 0.804. The van der Waals surface area contributed by atoms with Crippen molar-refractivity contribution in [1.29, 1.82) is 0 Å². The Morgan fingerprint density at radius 1 is 1.17 bits per heavy atom. The highest BCUT2D eigenvalue weighted by Crippen LogP contribution is 2.28. The molecule has 1 amide bonds. The van der Waals surface area contributed by atoms with Gasteiger partial charge in [0.2, 0.25) is 0 Å². The van der Waals surface area contributed by atoms with Gasteiger partial charge < -0.3 is 10.2 Å². The van der Waals surface area contributed by atoms with Crippen LogP contribution < -0.4 is 10.2 Å². The first-order valence-corrected chi connectivity index (χ1v) is 11.7. The average Bonchev–Trinajstić information content (AvgIpc) is 3.24. The standard InChI is InChI=1S/C23H32N4OS/c1-17-5-7-19(8-6-17)14-24-22(28)21-15-25-23(29-21)26-12-9-20(10-13-26)27-11-3-4-18(2)16-27/h5-8,15,18,20H,3-4,9-14,16H2,1-2H3,(H,24,28)/t18-/m1/s1. The number of amides is 1. The summed E-state index contributed by atoms with van der Waals surface area (Å²) in [6, 6.07) is 8.97. The molecular formula is C23H32N4OS. The number of aromatic nitrogens is 1. The fraction of sp³-hybridized carbons (Fsp3) is 0.565. The minimum absolute atomic E-state index is 0.0356. The summed E-state index contributed by atoms with van der Waals surface area (Å²) in [6.07, 6.45) is 6.84. The molecule has 156 valence electrons. The van der Waals surface area contributed by atoms with Crippen LogP contribution >= 0.6 is 11.3 Å². The van der Waals surface area contributed by atoms with Gasteiger partial charge in [0.25, 0.3) is 5.91 Å². The molecule has 0 aliphatic carbocycles. The van der Waals surface area contributed by atoms with Gasteiger partial charge in [-0.1, -0.05) is 48.1 Å². The van der Waals surface area contributed by atoms with Crippen LogP contribution in [-0.4, -0.2) is 48.0 Å². The van der Waals surface area contributed by atoms with Gasteiger partial charge in [-0.2, -0.15) is 0 Å². The van der Waals surface area contributed by atoms with Crippen molar-refractivity contribution in [2.24, 2.45) is 5.92 Å². The highest BCUT2D eigenvalue weighted by molar-refractivity contribution is 7.17. The molecule has 0 radical (unpaired) electrons. The lowest BCUT2D eigenvalue weighted by molar-refractivity contribution is 0.0955. The van der Waals surface area contributed by atoms with E-state index < -0.39 is 0 Å². The third kappa shape index (κ3) is 5.17. The number of carbonyl (C=O) groups is 1. The zero-order valence-electron chi connectivity index (χ0n) is 17.6. The van der Waals surface area contributed by atoms with E-state index in [2.05, 4.69) is 58.2 Å². The van der Waals surface area contributed by atoms with E-state index in [1.165, 1.54) is 55.7 Å². The van der Waals surface area contributed by atoms with Crippen LogP contribution in [0.2, 0.25) is 0 Å². The number of nitrogens with zero attached hydrogens (tertiary/aromatic N) is 3. The highest BCUT2D eigenvalue weighted by atomic mass is 32.1. The van der Waals surface area contributed by atoms with Gasteiger partial charge in [0.05, 0.1) is 6.20 Å². The monoisotopic (exact) mass is 412 g/mol. The number of anilines is 1. The molecule has 0 unspecified atom stereocenters. The first-order valence-electron chi connectivity index (χ1n) is 10.9. The van der Waals surface area contributed by atoms with E-state index in [4.69, 9.17) is 0 Å². The molecule has 1 aromatic heterocycles. The summed E-state index contributed by atoms with van der Waals surface area (Å²) < 4.78 is 0. The van der Waals surface area contributed by atoms with Gasteiger partial charge in [-0.25, -0.2) is 4.98 Å². The number of carbonyl (C=O) groups excluding carboxylic acids is 1. The molecule has 4 rings (SSSR count). The number of hydrogen-bond donors (Lipinski definition) is 1. The van der Waals surface area contributed by atoms with E-state index in [-0.39, 0.29) is 5.91 Å². The number of thiazole rings is 1. The fourth-order valence-electron chi connectivity index (χ4n) is 4.47. The second-order valence-electron chi connectivity index (χ2n) is 8.64. The molecule has 0 saturated carbocycles. The number of rotatable bonds is 5. The van der Waals surface area contributed by atoms with E-state index in [1.54, 1.807) is 6.20 Å². The van der Waals surface area contributed by atoms with Crippen LogP contribution in [0, 0.1) is 12.8 Å². The Morgan fingerprint density at radius 2 is 1.93 bits per heavy atom. The van der Waals surface area contributed by atoms with Crippen molar-refractivity contribution in [3.05, 3.63) is 46.5 Å². The van der Waals surface area contributed by atoms with Crippen LogP contribution in [0.5, 0.6) is 0 Å². The molecule has 3 heterocycles. The van der Waals surface area contributed by atoms with Gasteiger partial charge in [0, 0.05) is 32.2 Å². The molecule has 2 fully saturated rings. The molecule has 1 aromatic carbocycles. The van der Waals surface area contributed by atoms with Crippen LogP contribution in [-0.2, 0) is 6.54 Å². The van der Waals surface area contributed by atoms with Gasteiger partial charge in [-0.15, -0.1) is 0 Å². The summed E-state index contributed by atoms with van der Waals surface area (Å²) >= 11 is 1.51. The summed E-state index contributed by atoms with van der Waals surface area (Å²) in [5, 5.41) is 3.99. The zero-order valence-corrected chi connectivity index (χ0v) is 18.4. The molecule has 29 heavy (non-hydrogen) atoms. The van der Waals surface area contributed by atoms with Crippen molar-refractivity contribution in [2.75, 3.05) is 31.1 Å². The molecule has 2 saturated heterocycles. The largest absolute Gasteiger partial charge is 0.348 e. The molecule has 2 aromatic rings. The molecule has 5 nitrogen and oxygen atoms in total. The van der Waals surface area contributed by atoms with Gasteiger partial charge in [-0.3, -0.25) is 9.69 Å². The SMILES string of the molecule is Cc1ccc(CNC(=O)c2cnc(N3CCC(N4CCC[C@@H](C)C4)CC3)s2)cc1. The van der Waals surface area contributed by atoms with Gasteiger partial charge >= 0.3 is 0 Å². The number of nitrogens with one attached hydrogen (secondary N) is 1. The predicted octanol–water partition coefficient (Wildman–Crippen LogP) is 4.08. The van der Waals surface area contributed by atoms with Crippen molar-refractivity contribution < 1.29 is 4.79 Å². The topological polar surface area (TPSA) is 48.5 Å². The number of aryl methyl sites for hydroxylation is 1. The Labute approximate surface area is 178 Å². The molecular weight excluding hydrogens is 380 g/mol. The van der Waals surface area contributed by atoms with E-state index in [9.17, 15) is 4.79 Å². The van der Waals surface area contributed by atoms with E-state index >= 15 is 0 Å². The first kappa shape index (κ1) is 20.4. The summed E-state index contributed by atoms with van der Waals surface area (Å²) in [7, 11) is 0. The second kappa shape index (κ2) is 9.26. The number of likely N-dealkylation sites (tertiary alicyclic amines) is 1. The second-order valence-corrected chi connectivity index (χ2v) is 9.65. The lowest BCUT2D eigenvalue weighted by Crippen LogP contribution is -2.48. The van der Waals surface area contributed by atoms with Crippen molar-refractivity contribution in [3.63, 3.8) is 0 Å². The van der Waals surface area contributed by atoms with E-state index in [0.717, 1.165) is 29.7 Å². The molecule has 2 aliphatic rings. The molecule has 2 aliphatic heterocycles. The maximum atomic E-state index is 12.5. The Kier molecular flexibility index (Phi) is 6.50. The Morgan fingerprint density at radius 3 is 2.66 bits per heavy atom. The molecule has 0 bridgehead atoms. The summed E-state index contributed by atoms with van der Waals surface area (Å²) in [4.78, 5) is 22.8. The predicted molar refractivity (Wildman–Crippen MR) is 120 cm³/mol. The minimum atomic E-state index is -0.0356. The smallest absolute Gasteiger partial charge is 0.263 e. The maximum Gasteiger partial charge on any atom is 0.263 e. The summed E-state index contributed by atoms with van der Waals surface area (Å²) in [6.45, 7) is 9.58. The normalized spacial score (nSPS) is 21.3. The highest BCUT2D eigenvalue weighted by Gasteiger charge is 2.28. The average molecular weight is 413 g/mol. The number of hydrogen-bond acceptors (Lipinski definition) is 5. The van der Waals surface area contributed by atoms with Crippen LogP contribution in [0.15, 0.2) is 30.5 Å². The third-order valence-electron chi connectivity index (χ3n) is 6.23. The Balaban J connectivity index is 1.27. The number of benzene rings is 1.